The summed E-state index contributed by atoms with van der Waals surface area (Å²) in [4.78, 5) is 11.7. The Morgan fingerprint density at radius 3 is 2.86 bits per heavy atom. The molecule has 0 aliphatic heterocycles. The molecule has 1 aromatic carbocycles. The average molecular weight is 346 g/mol. The summed E-state index contributed by atoms with van der Waals surface area (Å²) in [6, 6.07) is 4.84. The molecule has 0 saturated carbocycles. The number of carbonyl (C=O) groups excluding carboxylic acids is 1. The summed E-state index contributed by atoms with van der Waals surface area (Å²) in [5, 5.41) is 13.3. The van der Waals surface area contributed by atoms with Crippen molar-refractivity contribution in [1.82, 2.24) is 15.5 Å². The molecule has 0 spiro atoms. The summed E-state index contributed by atoms with van der Waals surface area (Å²) < 4.78 is 5.33. The molecule has 0 saturated heterocycles. The molecule has 112 valence electrons. The molecule has 0 atom stereocenters. The van der Waals surface area contributed by atoms with Crippen molar-refractivity contribution in [2.24, 2.45) is 0 Å². The molecule has 2 aromatic rings. The molecule has 1 aromatic heterocycles. The molecule has 0 bridgehead atoms. The standard InChI is InChI=1S/C13H13Cl2N3O2S/c1-8-17-18-13(21-8)4-5-16-12(19)7-20-11-3-2-9(14)6-10(11)15/h2-3,6H,4-5,7H2,1H3,(H,16,19). The molecular weight excluding hydrogens is 333 g/mol. The van der Waals surface area contributed by atoms with Crippen molar-refractivity contribution in [2.45, 2.75) is 13.3 Å². The fraction of sp³-hybridized carbons (Fsp3) is 0.308. The number of hydrogen-bond acceptors (Lipinski definition) is 5. The summed E-state index contributed by atoms with van der Waals surface area (Å²) in [7, 11) is 0. The van der Waals surface area contributed by atoms with Gasteiger partial charge in [0.1, 0.15) is 15.8 Å². The minimum absolute atomic E-state index is 0.101. The van der Waals surface area contributed by atoms with Gasteiger partial charge in [0.25, 0.3) is 5.91 Å². The number of hydrogen-bond donors (Lipinski definition) is 1. The van der Waals surface area contributed by atoms with E-state index in [2.05, 4.69) is 15.5 Å². The zero-order chi connectivity index (χ0) is 15.2. The van der Waals surface area contributed by atoms with Crippen LogP contribution in [0.15, 0.2) is 18.2 Å². The summed E-state index contributed by atoms with van der Waals surface area (Å²) >= 11 is 13.2. The van der Waals surface area contributed by atoms with Crippen LogP contribution < -0.4 is 10.1 Å². The normalized spacial score (nSPS) is 10.4. The number of ether oxygens (including phenoxy) is 1. The predicted molar refractivity (Wildman–Crippen MR) is 83.3 cm³/mol. The first-order valence-corrected chi connectivity index (χ1v) is 7.75. The largest absolute Gasteiger partial charge is 0.482 e. The lowest BCUT2D eigenvalue weighted by atomic mass is 10.3. The second-order valence-electron chi connectivity index (χ2n) is 4.18. The number of benzene rings is 1. The van der Waals surface area contributed by atoms with E-state index in [0.29, 0.717) is 28.8 Å². The van der Waals surface area contributed by atoms with Crippen molar-refractivity contribution in [3.63, 3.8) is 0 Å². The van der Waals surface area contributed by atoms with Gasteiger partial charge in [-0.05, 0) is 25.1 Å². The lowest BCUT2D eigenvalue weighted by Gasteiger charge is -2.08. The van der Waals surface area contributed by atoms with Crippen molar-refractivity contribution < 1.29 is 9.53 Å². The second kappa shape index (κ2) is 7.59. The van der Waals surface area contributed by atoms with E-state index in [0.717, 1.165) is 10.0 Å². The maximum Gasteiger partial charge on any atom is 0.257 e. The highest BCUT2D eigenvalue weighted by Crippen LogP contribution is 2.27. The molecular formula is C13H13Cl2N3O2S. The van der Waals surface area contributed by atoms with Gasteiger partial charge in [-0.25, -0.2) is 0 Å². The summed E-state index contributed by atoms with van der Waals surface area (Å²) in [6.45, 7) is 2.28. The Morgan fingerprint density at radius 2 is 2.19 bits per heavy atom. The van der Waals surface area contributed by atoms with E-state index in [1.165, 1.54) is 11.3 Å². The molecule has 0 aliphatic carbocycles. The Balaban J connectivity index is 1.72. The second-order valence-corrected chi connectivity index (χ2v) is 6.29. The molecule has 1 heterocycles. The van der Waals surface area contributed by atoms with Gasteiger partial charge < -0.3 is 10.1 Å². The maximum absolute atomic E-state index is 11.7. The Hall–Kier alpha value is -1.37. The zero-order valence-corrected chi connectivity index (χ0v) is 13.6. The van der Waals surface area contributed by atoms with E-state index in [9.17, 15) is 4.79 Å². The van der Waals surface area contributed by atoms with Crippen LogP contribution in [0.2, 0.25) is 10.0 Å². The number of rotatable bonds is 6. The van der Waals surface area contributed by atoms with Crippen LogP contribution in [0, 0.1) is 6.92 Å². The van der Waals surface area contributed by atoms with Crippen LogP contribution >= 0.6 is 34.5 Å². The summed E-state index contributed by atoms with van der Waals surface area (Å²) in [5.41, 5.74) is 0. The van der Waals surface area contributed by atoms with Crippen LogP contribution in [0.4, 0.5) is 0 Å². The van der Waals surface area contributed by atoms with Crippen LogP contribution in [-0.4, -0.2) is 29.3 Å². The van der Waals surface area contributed by atoms with Crippen LogP contribution in [-0.2, 0) is 11.2 Å². The van der Waals surface area contributed by atoms with Crippen molar-refractivity contribution in [1.29, 1.82) is 0 Å². The van der Waals surface area contributed by atoms with Crippen LogP contribution in [0.1, 0.15) is 10.0 Å². The van der Waals surface area contributed by atoms with Crippen molar-refractivity contribution in [2.75, 3.05) is 13.2 Å². The third-order valence-corrected chi connectivity index (χ3v) is 3.91. The Labute approximate surface area is 136 Å². The minimum Gasteiger partial charge on any atom is -0.482 e. The first kappa shape index (κ1) is 16.0. The minimum atomic E-state index is -0.220. The van der Waals surface area contributed by atoms with Gasteiger partial charge in [0, 0.05) is 18.0 Å². The zero-order valence-electron chi connectivity index (χ0n) is 11.2. The first-order valence-electron chi connectivity index (χ1n) is 6.18. The topological polar surface area (TPSA) is 64.1 Å². The first-order chi connectivity index (χ1) is 10.0. The van der Waals surface area contributed by atoms with Gasteiger partial charge in [0.15, 0.2) is 6.61 Å². The number of nitrogens with one attached hydrogen (secondary N) is 1. The van der Waals surface area contributed by atoms with Crippen molar-refractivity contribution in [3.8, 4) is 5.75 Å². The summed E-state index contributed by atoms with van der Waals surface area (Å²) in [5.74, 6) is 0.207. The lowest BCUT2D eigenvalue weighted by Crippen LogP contribution is -2.30. The van der Waals surface area contributed by atoms with Crippen LogP contribution in [0.3, 0.4) is 0 Å². The molecule has 0 unspecified atom stereocenters. The van der Waals surface area contributed by atoms with Gasteiger partial charge in [0.05, 0.1) is 5.02 Å². The fourth-order valence-corrected chi connectivity index (χ4v) is 2.71. The molecule has 0 fully saturated rings. The number of aromatic nitrogens is 2. The van der Waals surface area contributed by atoms with E-state index in [-0.39, 0.29) is 12.5 Å². The molecule has 0 aliphatic rings. The van der Waals surface area contributed by atoms with E-state index in [4.69, 9.17) is 27.9 Å². The van der Waals surface area contributed by atoms with Gasteiger partial charge >= 0.3 is 0 Å². The highest BCUT2D eigenvalue weighted by atomic mass is 35.5. The SMILES string of the molecule is Cc1nnc(CCNC(=O)COc2ccc(Cl)cc2Cl)s1. The number of aryl methyl sites for hydroxylation is 1. The maximum atomic E-state index is 11.7. The van der Waals surface area contributed by atoms with Gasteiger partial charge in [-0.15, -0.1) is 21.5 Å². The quantitative estimate of drug-likeness (QED) is 0.874. The van der Waals surface area contributed by atoms with Crippen LogP contribution in [0.25, 0.3) is 0 Å². The summed E-state index contributed by atoms with van der Waals surface area (Å²) in [6.07, 6.45) is 0.652. The van der Waals surface area contributed by atoms with Crippen LogP contribution in [0.5, 0.6) is 5.75 Å². The highest BCUT2D eigenvalue weighted by Gasteiger charge is 2.07. The Kier molecular flexibility index (Phi) is 5.78. The molecule has 5 nitrogen and oxygen atoms in total. The average Bonchev–Trinajstić information content (AvgIpc) is 2.83. The van der Waals surface area contributed by atoms with E-state index < -0.39 is 0 Å². The Bertz CT molecular complexity index is 634. The molecule has 1 N–H and O–H groups in total. The third-order valence-electron chi connectivity index (χ3n) is 2.48. The molecule has 2 rings (SSSR count). The van der Waals surface area contributed by atoms with E-state index >= 15 is 0 Å². The lowest BCUT2D eigenvalue weighted by molar-refractivity contribution is -0.123. The highest BCUT2D eigenvalue weighted by molar-refractivity contribution is 7.11. The fourth-order valence-electron chi connectivity index (χ4n) is 1.53. The number of halogens is 2. The molecule has 0 radical (unpaired) electrons. The predicted octanol–water partition coefficient (Wildman–Crippen LogP) is 2.89. The van der Waals surface area contributed by atoms with Gasteiger partial charge in [-0.1, -0.05) is 23.2 Å². The van der Waals surface area contributed by atoms with E-state index in [1.54, 1.807) is 18.2 Å². The number of amides is 1. The number of carbonyl (C=O) groups is 1. The molecule has 21 heavy (non-hydrogen) atoms. The van der Waals surface area contributed by atoms with Crippen molar-refractivity contribution >= 4 is 40.4 Å². The smallest absolute Gasteiger partial charge is 0.257 e. The van der Waals surface area contributed by atoms with E-state index in [1.807, 2.05) is 6.92 Å². The monoisotopic (exact) mass is 345 g/mol. The van der Waals surface area contributed by atoms with Gasteiger partial charge in [-0.2, -0.15) is 0 Å². The molecule has 1 amide bonds. The van der Waals surface area contributed by atoms with Gasteiger partial charge in [-0.3, -0.25) is 4.79 Å². The third kappa shape index (κ3) is 5.15. The van der Waals surface area contributed by atoms with Gasteiger partial charge in [0.2, 0.25) is 0 Å². The molecule has 8 heteroatoms. The van der Waals surface area contributed by atoms with Crippen molar-refractivity contribution in [3.05, 3.63) is 38.3 Å². The Morgan fingerprint density at radius 1 is 1.38 bits per heavy atom. The number of nitrogens with zero attached hydrogens (tertiary/aromatic N) is 2.